The molecule has 1 N–H and O–H groups in total. The number of hydrogen-bond donors (Lipinski definition) is 1. The molecule has 1 saturated carbocycles. The highest BCUT2D eigenvalue weighted by Gasteiger charge is 2.24. The number of carbonyl (C=O) groups is 1. The standard InChI is InChI=1S/C20H28N2O/c1-16(19-7-8-19)13-20(23)21-14-18-10-12-22(15-18)11-9-17-5-3-2-4-6-17/h2-6,13,18-19H,7-12,14-15H2,1H3,(H,21,23). The van der Waals surface area contributed by atoms with Crippen LogP contribution in [0, 0.1) is 11.8 Å². The van der Waals surface area contributed by atoms with E-state index < -0.39 is 0 Å². The number of nitrogens with zero attached hydrogens (tertiary/aromatic N) is 1. The van der Waals surface area contributed by atoms with E-state index in [0.29, 0.717) is 11.8 Å². The Morgan fingerprint density at radius 2 is 2.04 bits per heavy atom. The summed E-state index contributed by atoms with van der Waals surface area (Å²) in [6, 6.07) is 10.7. The van der Waals surface area contributed by atoms with Crippen LogP contribution in [0.3, 0.4) is 0 Å². The van der Waals surface area contributed by atoms with Crippen LogP contribution in [0.5, 0.6) is 0 Å². The zero-order valence-corrected chi connectivity index (χ0v) is 14.1. The molecule has 3 rings (SSSR count). The van der Waals surface area contributed by atoms with Crippen LogP contribution in [0.25, 0.3) is 0 Å². The molecule has 1 aliphatic carbocycles. The number of amides is 1. The number of allylic oxidation sites excluding steroid dienone is 1. The number of benzene rings is 1. The van der Waals surface area contributed by atoms with Crippen LogP contribution in [0.15, 0.2) is 42.0 Å². The van der Waals surface area contributed by atoms with Crippen LogP contribution in [0.1, 0.15) is 31.7 Å². The Hall–Kier alpha value is -1.61. The van der Waals surface area contributed by atoms with E-state index in [9.17, 15) is 4.79 Å². The van der Waals surface area contributed by atoms with E-state index in [2.05, 4.69) is 47.5 Å². The van der Waals surface area contributed by atoms with Gasteiger partial charge in [-0.2, -0.15) is 0 Å². The Labute approximate surface area is 139 Å². The van der Waals surface area contributed by atoms with E-state index in [4.69, 9.17) is 0 Å². The van der Waals surface area contributed by atoms with Gasteiger partial charge in [-0.15, -0.1) is 0 Å². The Bertz CT molecular complexity index is 548. The van der Waals surface area contributed by atoms with Crippen molar-refractivity contribution >= 4 is 5.91 Å². The minimum absolute atomic E-state index is 0.0946. The second-order valence-corrected chi connectivity index (χ2v) is 7.10. The van der Waals surface area contributed by atoms with Gasteiger partial charge in [0, 0.05) is 25.7 Å². The Morgan fingerprint density at radius 3 is 2.78 bits per heavy atom. The first-order valence-electron chi connectivity index (χ1n) is 8.93. The molecule has 1 aromatic rings. The van der Waals surface area contributed by atoms with Crippen LogP contribution in [0.2, 0.25) is 0 Å². The van der Waals surface area contributed by atoms with Gasteiger partial charge in [-0.25, -0.2) is 0 Å². The van der Waals surface area contributed by atoms with Gasteiger partial charge in [0.1, 0.15) is 0 Å². The van der Waals surface area contributed by atoms with E-state index >= 15 is 0 Å². The topological polar surface area (TPSA) is 32.3 Å². The fourth-order valence-electron chi connectivity index (χ4n) is 3.37. The molecule has 3 nitrogen and oxygen atoms in total. The summed E-state index contributed by atoms with van der Waals surface area (Å²) < 4.78 is 0. The molecule has 1 aromatic carbocycles. The largest absolute Gasteiger partial charge is 0.352 e. The second-order valence-electron chi connectivity index (χ2n) is 7.10. The van der Waals surface area contributed by atoms with Crippen molar-refractivity contribution < 1.29 is 4.79 Å². The molecule has 0 radical (unpaired) electrons. The predicted octanol–water partition coefficient (Wildman–Crippen LogP) is 3.02. The van der Waals surface area contributed by atoms with Crippen LogP contribution < -0.4 is 5.32 Å². The zero-order valence-electron chi connectivity index (χ0n) is 14.1. The van der Waals surface area contributed by atoms with Crippen LogP contribution >= 0.6 is 0 Å². The van der Waals surface area contributed by atoms with E-state index in [1.807, 2.05) is 0 Å². The molecule has 1 unspecified atom stereocenters. The molecule has 0 aromatic heterocycles. The van der Waals surface area contributed by atoms with E-state index in [1.165, 1.54) is 30.4 Å². The average molecular weight is 312 g/mol. The summed E-state index contributed by atoms with van der Waals surface area (Å²) in [5, 5.41) is 3.09. The summed E-state index contributed by atoms with van der Waals surface area (Å²) in [5.74, 6) is 1.38. The highest BCUT2D eigenvalue weighted by atomic mass is 16.1. The van der Waals surface area contributed by atoms with Crippen molar-refractivity contribution in [3.05, 3.63) is 47.5 Å². The van der Waals surface area contributed by atoms with Gasteiger partial charge >= 0.3 is 0 Å². The first-order valence-corrected chi connectivity index (χ1v) is 8.93. The Kier molecular flexibility index (Phi) is 5.50. The van der Waals surface area contributed by atoms with Gasteiger partial charge in [0.2, 0.25) is 5.91 Å². The monoisotopic (exact) mass is 312 g/mol. The molecule has 124 valence electrons. The van der Waals surface area contributed by atoms with Gasteiger partial charge in [0.15, 0.2) is 0 Å². The van der Waals surface area contributed by atoms with Crippen molar-refractivity contribution in [1.82, 2.24) is 10.2 Å². The molecule has 0 spiro atoms. The lowest BCUT2D eigenvalue weighted by molar-refractivity contribution is -0.116. The van der Waals surface area contributed by atoms with Crippen molar-refractivity contribution in [1.29, 1.82) is 0 Å². The molecule has 2 aliphatic rings. The molecular weight excluding hydrogens is 284 g/mol. The minimum Gasteiger partial charge on any atom is -0.352 e. The van der Waals surface area contributed by atoms with Crippen molar-refractivity contribution in [3.8, 4) is 0 Å². The third-order valence-electron chi connectivity index (χ3n) is 5.07. The molecule has 0 bridgehead atoms. The number of hydrogen-bond acceptors (Lipinski definition) is 2. The lowest BCUT2D eigenvalue weighted by Gasteiger charge is -2.16. The number of nitrogens with one attached hydrogen (secondary N) is 1. The second kappa shape index (κ2) is 7.78. The summed E-state index contributed by atoms with van der Waals surface area (Å²) in [7, 11) is 0. The first-order chi connectivity index (χ1) is 11.2. The Balaban J connectivity index is 1.35. The number of likely N-dealkylation sites (tertiary alicyclic amines) is 1. The normalized spacial score (nSPS) is 22.3. The van der Waals surface area contributed by atoms with Crippen LogP contribution in [-0.4, -0.2) is 37.0 Å². The maximum absolute atomic E-state index is 11.9. The molecule has 1 saturated heterocycles. The van der Waals surface area contributed by atoms with Gasteiger partial charge in [-0.05, 0) is 56.6 Å². The van der Waals surface area contributed by atoms with Crippen molar-refractivity contribution in [3.63, 3.8) is 0 Å². The van der Waals surface area contributed by atoms with Gasteiger partial charge in [-0.3, -0.25) is 4.79 Å². The average Bonchev–Trinajstić information content (AvgIpc) is 3.32. The smallest absolute Gasteiger partial charge is 0.243 e. The third kappa shape index (κ3) is 5.21. The fraction of sp³-hybridized carbons (Fsp3) is 0.550. The van der Waals surface area contributed by atoms with Crippen LogP contribution in [0.4, 0.5) is 0 Å². The van der Waals surface area contributed by atoms with E-state index in [1.54, 1.807) is 6.08 Å². The molecule has 1 atom stereocenters. The summed E-state index contributed by atoms with van der Waals surface area (Å²) >= 11 is 0. The molecule has 3 heteroatoms. The van der Waals surface area contributed by atoms with Gasteiger partial charge < -0.3 is 10.2 Å². The molecule has 2 fully saturated rings. The summed E-state index contributed by atoms with van der Waals surface area (Å²) in [6.07, 6.45) is 6.63. The zero-order chi connectivity index (χ0) is 16.1. The Morgan fingerprint density at radius 1 is 1.26 bits per heavy atom. The fourth-order valence-corrected chi connectivity index (χ4v) is 3.37. The quantitative estimate of drug-likeness (QED) is 0.785. The van der Waals surface area contributed by atoms with Crippen molar-refractivity contribution in [2.24, 2.45) is 11.8 Å². The van der Waals surface area contributed by atoms with Crippen molar-refractivity contribution in [2.45, 2.75) is 32.6 Å². The molecule has 1 amide bonds. The number of rotatable bonds is 7. The van der Waals surface area contributed by atoms with Gasteiger partial charge in [0.05, 0.1) is 0 Å². The van der Waals surface area contributed by atoms with Crippen molar-refractivity contribution in [2.75, 3.05) is 26.2 Å². The lowest BCUT2D eigenvalue weighted by atomic mass is 10.1. The molecule has 1 aliphatic heterocycles. The molecule has 1 heterocycles. The lowest BCUT2D eigenvalue weighted by Crippen LogP contribution is -2.30. The van der Waals surface area contributed by atoms with Gasteiger partial charge in [-0.1, -0.05) is 35.9 Å². The third-order valence-corrected chi connectivity index (χ3v) is 5.07. The maximum Gasteiger partial charge on any atom is 0.243 e. The summed E-state index contributed by atoms with van der Waals surface area (Å²) in [4.78, 5) is 14.5. The highest BCUT2D eigenvalue weighted by Crippen LogP contribution is 2.35. The van der Waals surface area contributed by atoms with Crippen LogP contribution in [-0.2, 0) is 11.2 Å². The summed E-state index contributed by atoms with van der Waals surface area (Å²) in [6.45, 7) is 6.28. The molecular formula is C20H28N2O. The predicted molar refractivity (Wildman–Crippen MR) is 94.2 cm³/mol. The van der Waals surface area contributed by atoms with E-state index in [-0.39, 0.29) is 5.91 Å². The highest BCUT2D eigenvalue weighted by molar-refractivity contribution is 5.88. The SMILES string of the molecule is CC(=CC(=O)NCC1CCN(CCc2ccccc2)C1)C1CC1. The first kappa shape index (κ1) is 16.3. The number of carbonyl (C=O) groups excluding carboxylic acids is 1. The summed E-state index contributed by atoms with van der Waals surface area (Å²) in [5.41, 5.74) is 2.66. The van der Waals surface area contributed by atoms with E-state index in [0.717, 1.165) is 32.6 Å². The molecule has 23 heavy (non-hydrogen) atoms. The minimum atomic E-state index is 0.0946. The maximum atomic E-state index is 11.9. The van der Waals surface area contributed by atoms with Gasteiger partial charge in [0.25, 0.3) is 0 Å².